The lowest BCUT2D eigenvalue weighted by molar-refractivity contribution is -0.384. The summed E-state index contributed by atoms with van der Waals surface area (Å²) in [6.45, 7) is 17.7. The van der Waals surface area contributed by atoms with E-state index in [0.717, 1.165) is 37.7 Å². The molecule has 17 nitrogen and oxygen atoms in total. The van der Waals surface area contributed by atoms with Gasteiger partial charge in [-0.05, 0) is 111 Å². The van der Waals surface area contributed by atoms with Crippen LogP contribution in [0.2, 0.25) is 0 Å². The predicted octanol–water partition coefficient (Wildman–Crippen LogP) is 2.13. The van der Waals surface area contributed by atoms with E-state index in [9.17, 15) is 55.9 Å². The van der Waals surface area contributed by atoms with Gasteiger partial charge in [-0.3, -0.25) is 4.79 Å². The molecular weight excluding hydrogens is 849 g/mol. The molecular formula is C48H80O17. The summed E-state index contributed by atoms with van der Waals surface area (Å²) in [5, 5.41) is 107. The Bertz CT molecular complexity index is 1730. The highest BCUT2D eigenvalue weighted by molar-refractivity contribution is 5.82. The lowest BCUT2D eigenvalue weighted by Crippen LogP contribution is -2.65. The van der Waals surface area contributed by atoms with Crippen molar-refractivity contribution in [3.8, 4) is 0 Å². The van der Waals surface area contributed by atoms with E-state index >= 15 is 0 Å². The van der Waals surface area contributed by atoms with E-state index in [1.54, 1.807) is 0 Å². The monoisotopic (exact) mass is 929 g/mol. The fourth-order valence-electron chi connectivity index (χ4n) is 13.8. The van der Waals surface area contributed by atoms with Crippen LogP contribution in [0.15, 0.2) is 11.1 Å². The van der Waals surface area contributed by atoms with Crippen molar-refractivity contribution in [1.82, 2.24) is 0 Å². The molecule has 2 unspecified atom stereocenters. The minimum absolute atomic E-state index is 0.0585. The molecule has 3 saturated heterocycles. The molecule has 3 heterocycles. The Hall–Kier alpha value is -1.39. The molecule has 0 aromatic rings. The number of aliphatic hydroxyl groups excluding tert-OH is 8. The molecule has 21 atom stereocenters. The molecule has 0 aromatic carbocycles. The first-order valence-corrected chi connectivity index (χ1v) is 24.1. The van der Waals surface area contributed by atoms with Crippen LogP contribution in [0.4, 0.5) is 0 Å². The van der Waals surface area contributed by atoms with Gasteiger partial charge in [0.1, 0.15) is 61.0 Å². The second kappa shape index (κ2) is 18.4. The van der Waals surface area contributed by atoms with Gasteiger partial charge in [-0.1, -0.05) is 66.5 Å². The lowest BCUT2D eigenvalue weighted by atomic mass is 9.43. The van der Waals surface area contributed by atoms with Gasteiger partial charge in [-0.2, -0.15) is 0 Å². The summed E-state index contributed by atoms with van der Waals surface area (Å²) in [4.78, 5) is 13.9. The van der Waals surface area contributed by atoms with Crippen molar-refractivity contribution in [3.05, 3.63) is 11.1 Å². The molecule has 17 heteroatoms. The number of hydrogen-bond acceptors (Lipinski definition) is 16. The Labute approximate surface area is 383 Å². The van der Waals surface area contributed by atoms with Crippen LogP contribution in [-0.4, -0.2) is 168 Å². The number of ether oxygens (including phenoxy) is 6. The van der Waals surface area contributed by atoms with E-state index in [1.165, 1.54) is 5.57 Å². The molecule has 65 heavy (non-hydrogen) atoms. The van der Waals surface area contributed by atoms with Crippen LogP contribution < -0.4 is 0 Å². The SMILES string of the molecule is C[C@H](CCC(C)(O)C(C)(C)C)C1CC[C@@]2(C(=O)O)C3=C(CC[C@]12C)[C@@]1(C)CC[C@H](O[C@@H]2OC[C@H](O)[C@H](O[C@@H]4OC[C@@H](O)[C@H](O)[C@H]4O)[C@H]2O[C@@H]2O[C@H](CO)[C@H](O)[C@H](O)[C@H]2O)C(C)(C)[C@@H]1CC3. The fraction of sp³-hybridized carbons (Fsp3) is 0.938. The third-order valence-electron chi connectivity index (χ3n) is 18.5. The summed E-state index contributed by atoms with van der Waals surface area (Å²) in [5.41, 5.74) is -1.08. The van der Waals surface area contributed by atoms with Crippen LogP contribution in [0.1, 0.15) is 127 Å². The van der Waals surface area contributed by atoms with Gasteiger partial charge in [-0.25, -0.2) is 0 Å². The summed E-state index contributed by atoms with van der Waals surface area (Å²) in [6.07, 6.45) is -13.7. The molecule has 0 radical (unpaired) electrons. The van der Waals surface area contributed by atoms with Gasteiger partial charge >= 0.3 is 5.97 Å². The summed E-state index contributed by atoms with van der Waals surface area (Å²) in [7, 11) is 0. The van der Waals surface area contributed by atoms with Crippen molar-refractivity contribution in [2.75, 3.05) is 19.8 Å². The standard InChI is InChI=1S/C48H80O17/c1-23(12-18-47(9,59)43(2,3)4)24-14-19-48(42(57)58)26-10-11-30-44(5,6)31(15-16-45(30,7)25(26)13-17-46(24,48)8)63-41-38(65-40-36(56)34(54)33(53)29(20-49)62-40)37(28(51)22-61-41)64-39-35(55)32(52)27(50)21-60-39/h23-24,27-41,49-56,59H,10-22H2,1-9H3,(H,57,58)/t23-,24?,27-,28+,29-,30+,31+,32+,33+,34+,35-,36-,37+,38-,39+,40+,41+,45-,46-,47?,48+/m1/s1. The second-order valence-corrected chi connectivity index (χ2v) is 23.2. The van der Waals surface area contributed by atoms with Crippen LogP contribution >= 0.6 is 0 Å². The van der Waals surface area contributed by atoms with Gasteiger partial charge in [0.25, 0.3) is 0 Å². The van der Waals surface area contributed by atoms with Crippen LogP contribution in [0.25, 0.3) is 0 Å². The first-order valence-electron chi connectivity index (χ1n) is 24.1. The van der Waals surface area contributed by atoms with Crippen molar-refractivity contribution in [1.29, 1.82) is 0 Å². The molecule has 3 aliphatic heterocycles. The molecule has 5 fully saturated rings. The van der Waals surface area contributed by atoms with Gasteiger partial charge in [0.15, 0.2) is 18.9 Å². The predicted molar refractivity (Wildman–Crippen MR) is 231 cm³/mol. The fourth-order valence-corrected chi connectivity index (χ4v) is 13.8. The first-order chi connectivity index (χ1) is 30.2. The zero-order valence-corrected chi connectivity index (χ0v) is 39.8. The number of carboxylic acids is 1. The largest absolute Gasteiger partial charge is 0.481 e. The average molecular weight is 929 g/mol. The minimum atomic E-state index is -1.83. The van der Waals surface area contributed by atoms with E-state index in [-0.39, 0.29) is 41.8 Å². The number of fused-ring (bicyclic) bond motifs is 4. The van der Waals surface area contributed by atoms with Crippen LogP contribution in [0, 0.1) is 44.8 Å². The van der Waals surface area contributed by atoms with Gasteiger partial charge in [0.05, 0.1) is 36.9 Å². The maximum Gasteiger partial charge on any atom is 0.314 e. The zero-order valence-electron chi connectivity index (χ0n) is 39.8. The van der Waals surface area contributed by atoms with Gasteiger partial charge in [-0.15, -0.1) is 0 Å². The Balaban J connectivity index is 1.15. The van der Waals surface area contributed by atoms with E-state index < -0.39 is 120 Å². The summed E-state index contributed by atoms with van der Waals surface area (Å²) >= 11 is 0. The number of hydrogen-bond donors (Lipinski definition) is 10. The first kappa shape index (κ1) is 51.5. The van der Waals surface area contributed by atoms with E-state index in [2.05, 4.69) is 55.4 Å². The van der Waals surface area contributed by atoms with Crippen molar-refractivity contribution in [3.63, 3.8) is 0 Å². The number of allylic oxidation sites excluding steroid dienone is 1. The lowest BCUT2D eigenvalue weighted by Gasteiger charge is -2.62. The van der Waals surface area contributed by atoms with E-state index in [4.69, 9.17) is 28.4 Å². The maximum atomic E-state index is 13.9. The maximum absolute atomic E-state index is 13.9. The highest BCUT2D eigenvalue weighted by Crippen LogP contribution is 2.73. The van der Waals surface area contributed by atoms with Crippen molar-refractivity contribution < 1.29 is 84.3 Å². The van der Waals surface area contributed by atoms with Gasteiger partial charge < -0.3 is 79.5 Å². The van der Waals surface area contributed by atoms with Crippen LogP contribution in [0.3, 0.4) is 0 Å². The smallest absolute Gasteiger partial charge is 0.314 e. The number of carbonyl (C=O) groups is 1. The highest BCUT2D eigenvalue weighted by atomic mass is 16.8. The van der Waals surface area contributed by atoms with Crippen LogP contribution in [0.5, 0.6) is 0 Å². The third-order valence-corrected chi connectivity index (χ3v) is 18.5. The van der Waals surface area contributed by atoms with Crippen molar-refractivity contribution >= 4 is 5.97 Å². The van der Waals surface area contributed by atoms with E-state index in [1.807, 2.05) is 6.92 Å². The van der Waals surface area contributed by atoms with Crippen LogP contribution in [-0.2, 0) is 33.2 Å². The summed E-state index contributed by atoms with van der Waals surface area (Å²) < 4.78 is 36.6. The summed E-state index contributed by atoms with van der Waals surface area (Å²) in [5.74, 6) is -0.253. The molecule has 0 bridgehead atoms. The molecule has 7 rings (SSSR count). The van der Waals surface area contributed by atoms with Gasteiger partial charge in [0, 0.05) is 0 Å². The van der Waals surface area contributed by atoms with E-state index in [0.29, 0.717) is 32.1 Å². The Morgan fingerprint density at radius 2 is 1.37 bits per heavy atom. The number of aliphatic hydroxyl groups is 9. The molecule has 7 aliphatic rings. The Morgan fingerprint density at radius 1 is 0.738 bits per heavy atom. The molecule has 2 saturated carbocycles. The van der Waals surface area contributed by atoms with Gasteiger partial charge in [0.2, 0.25) is 0 Å². The number of rotatable bonds is 12. The molecule has 374 valence electrons. The molecule has 0 spiro atoms. The topological polar surface area (TPSA) is 275 Å². The number of aliphatic carboxylic acids is 1. The Kier molecular flexibility index (Phi) is 14.6. The minimum Gasteiger partial charge on any atom is -0.481 e. The van der Waals surface area contributed by atoms with Crippen molar-refractivity contribution in [2.24, 2.45) is 44.8 Å². The molecule has 0 amide bonds. The second-order valence-electron chi connectivity index (χ2n) is 23.2. The Morgan fingerprint density at radius 3 is 2.02 bits per heavy atom. The zero-order chi connectivity index (χ0) is 48.0. The van der Waals surface area contributed by atoms with Crippen molar-refractivity contribution in [2.45, 2.75) is 218 Å². The number of carboxylic acid groups (broad SMARTS) is 1. The highest BCUT2D eigenvalue weighted by Gasteiger charge is 2.69. The molecule has 0 aromatic heterocycles. The normalized spacial score (nSPS) is 48.2. The quantitative estimate of drug-likeness (QED) is 0.126. The molecule has 4 aliphatic carbocycles. The average Bonchev–Trinajstić information content (AvgIpc) is 3.57. The third kappa shape index (κ3) is 8.59. The summed E-state index contributed by atoms with van der Waals surface area (Å²) in [6, 6.07) is 0. The molecule has 10 N–H and O–H groups in total.